The van der Waals surface area contributed by atoms with Gasteiger partial charge >= 0.3 is 12.0 Å². The second kappa shape index (κ2) is 5.86. The zero-order valence-electron chi connectivity index (χ0n) is 10.6. The van der Waals surface area contributed by atoms with Crippen LogP contribution in [0.4, 0.5) is 4.79 Å². The molecule has 1 aliphatic rings. The van der Waals surface area contributed by atoms with E-state index in [2.05, 4.69) is 17.1 Å². The maximum atomic E-state index is 11.8. The number of carbonyl (C=O) groups excluding carboxylic acids is 1. The SMILES string of the molecule is CCC1CN(C(=O)N[C@H](C)C(=O)O)CCN1C. The highest BCUT2D eigenvalue weighted by Gasteiger charge is 2.27. The molecular weight excluding hydrogens is 222 g/mol. The molecule has 0 radical (unpaired) electrons. The number of hydrogen-bond acceptors (Lipinski definition) is 3. The average molecular weight is 243 g/mol. The van der Waals surface area contributed by atoms with Crippen LogP contribution in [0.1, 0.15) is 20.3 Å². The van der Waals surface area contributed by atoms with Gasteiger partial charge in [-0.2, -0.15) is 0 Å². The lowest BCUT2D eigenvalue weighted by Crippen LogP contribution is -2.56. The molecule has 98 valence electrons. The van der Waals surface area contributed by atoms with Crippen LogP contribution >= 0.6 is 0 Å². The molecule has 1 heterocycles. The van der Waals surface area contributed by atoms with Crippen molar-refractivity contribution in [2.75, 3.05) is 26.7 Å². The first-order chi connectivity index (χ1) is 7.95. The minimum atomic E-state index is -1.01. The van der Waals surface area contributed by atoms with Crippen LogP contribution < -0.4 is 5.32 Å². The van der Waals surface area contributed by atoms with Crippen molar-refractivity contribution < 1.29 is 14.7 Å². The van der Waals surface area contributed by atoms with Crippen LogP contribution in [0.15, 0.2) is 0 Å². The van der Waals surface area contributed by atoms with Crippen molar-refractivity contribution in [2.24, 2.45) is 0 Å². The second-order valence-electron chi connectivity index (χ2n) is 4.50. The molecule has 0 aliphatic carbocycles. The quantitative estimate of drug-likeness (QED) is 0.742. The summed E-state index contributed by atoms with van der Waals surface area (Å²) in [6, 6.07) is -0.775. The van der Waals surface area contributed by atoms with E-state index < -0.39 is 12.0 Å². The third-order valence-electron chi connectivity index (χ3n) is 3.25. The summed E-state index contributed by atoms with van der Waals surface area (Å²) in [6.45, 7) is 5.68. The Morgan fingerprint density at radius 3 is 2.65 bits per heavy atom. The first-order valence-corrected chi connectivity index (χ1v) is 5.94. The molecule has 0 aromatic rings. The van der Waals surface area contributed by atoms with Crippen LogP contribution in [-0.2, 0) is 4.79 Å². The van der Waals surface area contributed by atoms with Gasteiger partial charge in [0.15, 0.2) is 0 Å². The number of carboxylic acid groups (broad SMARTS) is 1. The minimum absolute atomic E-state index is 0.286. The van der Waals surface area contributed by atoms with Crippen LogP contribution in [0.3, 0.4) is 0 Å². The molecule has 6 nitrogen and oxygen atoms in total. The van der Waals surface area contributed by atoms with E-state index in [9.17, 15) is 9.59 Å². The van der Waals surface area contributed by atoms with Crippen molar-refractivity contribution in [3.05, 3.63) is 0 Å². The third-order valence-corrected chi connectivity index (χ3v) is 3.25. The molecule has 2 N–H and O–H groups in total. The first-order valence-electron chi connectivity index (χ1n) is 5.94. The van der Waals surface area contributed by atoms with Crippen molar-refractivity contribution in [1.82, 2.24) is 15.1 Å². The molecule has 2 atom stereocenters. The summed E-state index contributed by atoms with van der Waals surface area (Å²) in [5.74, 6) is -1.01. The Bertz CT molecular complexity index is 296. The number of likely N-dealkylation sites (N-methyl/N-ethyl adjacent to an activating group) is 1. The summed E-state index contributed by atoms with van der Waals surface area (Å²) in [7, 11) is 2.04. The fourth-order valence-electron chi connectivity index (χ4n) is 1.91. The molecule has 1 unspecified atom stereocenters. The van der Waals surface area contributed by atoms with E-state index in [1.165, 1.54) is 6.92 Å². The topological polar surface area (TPSA) is 72.9 Å². The van der Waals surface area contributed by atoms with Crippen LogP contribution in [0, 0.1) is 0 Å². The maximum Gasteiger partial charge on any atom is 0.325 e. The molecule has 0 saturated carbocycles. The number of nitrogens with zero attached hydrogens (tertiary/aromatic N) is 2. The zero-order valence-corrected chi connectivity index (χ0v) is 10.6. The third kappa shape index (κ3) is 3.59. The number of urea groups is 1. The monoisotopic (exact) mass is 243 g/mol. The Kier molecular flexibility index (Phi) is 4.74. The number of carboxylic acids is 1. The van der Waals surface area contributed by atoms with Gasteiger partial charge in [0, 0.05) is 25.7 Å². The van der Waals surface area contributed by atoms with Gasteiger partial charge in [0.2, 0.25) is 0 Å². The highest BCUT2D eigenvalue weighted by Crippen LogP contribution is 2.10. The molecule has 2 amide bonds. The molecule has 0 aromatic heterocycles. The molecule has 1 saturated heterocycles. The molecule has 1 rings (SSSR count). The molecule has 17 heavy (non-hydrogen) atoms. The lowest BCUT2D eigenvalue weighted by atomic mass is 10.1. The van der Waals surface area contributed by atoms with Gasteiger partial charge in [0.25, 0.3) is 0 Å². The summed E-state index contributed by atoms with van der Waals surface area (Å²) in [4.78, 5) is 26.4. The van der Waals surface area contributed by atoms with Crippen LogP contribution in [0.25, 0.3) is 0 Å². The van der Waals surface area contributed by atoms with E-state index in [1.807, 2.05) is 7.05 Å². The Balaban J connectivity index is 2.50. The molecule has 0 bridgehead atoms. The predicted molar refractivity (Wildman–Crippen MR) is 63.9 cm³/mol. The fourth-order valence-corrected chi connectivity index (χ4v) is 1.91. The Labute approximate surface area is 102 Å². The molecule has 0 spiro atoms. The van der Waals surface area contributed by atoms with Crippen molar-refractivity contribution >= 4 is 12.0 Å². The van der Waals surface area contributed by atoms with Gasteiger partial charge in [-0.3, -0.25) is 9.69 Å². The minimum Gasteiger partial charge on any atom is -0.480 e. The molecular formula is C11H21N3O3. The summed E-state index contributed by atoms with van der Waals surface area (Å²) >= 11 is 0. The number of piperazine rings is 1. The highest BCUT2D eigenvalue weighted by atomic mass is 16.4. The average Bonchev–Trinajstić information content (AvgIpc) is 2.29. The van der Waals surface area contributed by atoms with E-state index in [4.69, 9.17) is 5.11 Å². The van der Waals surface area contributed by atoms with Gasteiger partial charge in [0.05, 0.1) is 0 Å². The van der Waals surface area contributed by atoms with Gasteiger partial charge < -0.3 is 15.3 Å². The van der Waals surface area contributed by atoms with Gasteiger partial charge in [-0.05, 0) is 20.4 Å². The molecule has 0 aromatic carbocycles. The summed E-state index contributed by atoms with van der Waals surface area (Å²) in [5.41, 5.74) is 0. The van der Waals surface area contributed by atoms with Crippen LogP contribution in [-0.4, -0.2) is 65.7 Å². The number of carbonyl (C=O) groups is 2. The van der Waals surface area contributed by atoms with E-state index in [0.29, 0.717) is 19.1 Å². The molecule has 6 heteroatoms. The smallest absolute Gasteiger partial charge is 0.325 e. The Morgan fingerprint density at radius 2 is 2.12 bits per heavy atom. The standard InChI is InChI=1S/C11H21N3O3/c1-4-9-7-14(6-5-13(9)3)11(17)12-8(2)10(15)16/h8-9H,4-7H2,1-3H3,(H,12,17)(H,15,16)/t8-,9?/m1/s1. The number of aliphatic carboxylic acids is 1. The number of amides is 2. The van der Waals surface area contributed by atoms with Crippen molar-refractivity contribution in [1.29, 1.82) is 0 Å². The number of nitrogens with one attached hydrogen (secondary N) is 1. The van der Waals surface area contributed by atoms with E-state index in [1.54, 1.807) is 4.90 Å². The van der Waals surface area contributed by atoms with E-state index in [-0.39, 0.29) is 6.03 Å². The van der Waals surface area contributed by atoms with Crippen LogP contribution in [0.5, 0.6) is 0 Å². The summed E-state index contributed by atoms with van der Waals surface area (Å²) < 4.78 is 0. The first kappa shape index (κ1) is 13.8. The van der Waals surface area contributed by atoms with Gasteiger partial charge in [-0.25, -0.2) is 4.79 Å². The van der Waals surface area contributed by atoms with Gasteiger partial charge in [-0.15, -0.1) is 0 Å². The van der Waals surface area contributed by atoms with Crippen molar-refractivity contribution in [3.8, 4) is 0 Å². The normalized spacial score (nSPS) is 23.2. The van der Waals surface area contributed by atoms with Gasteiger partial charge in [-0.1, -0.05) is 6.92 Å². The number of hydrogen-bond donors (Lipinski definition) is 2. The largest absolute Gasteiger partial charge is 0.480 e. The highest BCUT2D eigenvalue weighted by molar-refractivity contribution is 5.82. The summed E-state index contributed by atoms with van der Waals surface area (Å²) in [6.07, 6.45) is 0.981. The van der Waals surface area contributed by atoms with Crippen molar-refractivity contribution in [3.63, 3.8) is 0 Å². The summed E-state index contributed by atoms with van der Waals surface area (Å²) in [5, 5.41) is 11.2. The number of rotatable bonds is 3. The lowest BCUT2D eigenvalue weighted by molar-refractivity contribution is -0.138. The second-order valence-corrected chi connectivity index (χ2v) is 4.50. The predicted octanol–water partition coefficient (Wildman–Crippen LogP) is 0.195. The maximum absolute atomic E-state index is 11.8. The van der Waals surface area contributed by atoms with Crippen LogP contribution in [0.2, 0.25) is 0 Å². The zero-order chi connectivity index (χ0) is 13.0. The van der Waals surface area contributed by atoms with E-state index >= 15 is 0 Å². The van der Waals surface area contributed by atoms with E-state index in [0.717, 1.165) is 13.0 Å². The Morgan fingerprint density at radius 1 is 1.47 bits per heavy atom. The van der Waals surface area contributed by atoms with Crippen molar-refractivity contribution in [2.45, 2.75) is 32.4 Å². The fraction of sp³-hybridized carbons (Fsp3) is 0.818. The Hall–Kier alpha value is -1.30. The van der Waals surface area contributed by atoms with Gasteiger partial charge in [0.1, 0.15) is 6.04 Å². The lowest BCUT2D eigenvalue weighted by Gasteiger charge is -2.39. The molecule has 1 fully saturated rings. The molecule has 1 aliphatic heterocycles.